The number of hydrogen-bond donors (Lipinski definition) is 2. The third-order valence-electron chi connectivity index (χ3n) is 3.07. The Morgan fingerprint density at radius 1 is 1.53 bits per heavy atom. The normalized spacial score (nSPS) is 25.9. The van der Waals surface area contributed by atoms with E-state index in [0.29, 0.717) is 6.42 Å². The van der Waals surface area contributed by atoms with E-state index in [1.165, 1.54) is 6.92 Å². The second kappa shape index (κ2) is 4.73. The summed E-state index contributed by atoms with van der Waals surface area (Å²) in [6.07, 6.45) is 2.24. The van der Waals surface area contributed by atoms with Crippen molar-refractivity contribution in [2.45, 2.75) is 51.6 Å². The van der Waals surface area contributed by atoms with Gasteiger partial charge in [-0.15, -0.1) is 0 Å². The molecular formula is C11H18N2O4. The molecule has 0 aromatic carbocycles. The van der Waals surface area contributed by atoms with Crippen LogP contribution in [0, 0.1) is 0 Å². The minimum Gasteiger partial charge on any atom is -0.480 e. The molecule has 0 saturated carbocycles. The van der Waals surface area contributed by atoms with Gasteiger partial charge < -0.3 is 10.4 Å². The molecule has 17 heavy (non-hydrogen) atoms. The number of unbranched alkanes of at least 4 members (excludes halogenated alkanes) is 1. The van der Waals surface area contributed by atoms with E-state index in [0.717, 1.165) is 17.7 Å². The Morgan fingerprint density at radius 3 is 2.59 bits per heavy atom. The molecular weight excluding hydrogens is 224 g/mol. The predicted octanol–water partition coefficient (Wildman–Crippen LogP) is 0.960. The van der Waals surface area contributed by atoms with Crippen LogP contribution in [-0.2, 0) is 9.59 Å². The van der Waals surface area contributed by atoms with E-state index < -0.39 is 29.5 Å². The van der Waals surface area contributed by atoms with E-state index >= 15 is 0 Å². The fourth-order valence-electron chi connectivity index (χ4n) is 1.87. The molecule has 1 heterocycles. The van der Waals surface area contributed by atoms with Crippen LogP contribution in [0.2, 0.25) is 0 Å². The first-order chi connectivity index (χ1) is 7.83. The fourth-order valence-corrected chi connectivity index (χ4v) is 1.87. The summed E-state index contributed by atoms with van der Waals surface area (Å²) in [6.45, 7) is 4.95. The van der Waals surface area contributed by atoms with E-state index in [9.17, 15) is 14.4 Å². The van der Waals surface area contributed by atoms with Gasteiger partial charge in [0, 0.05) is 0 Å². The molecule has 6 heteroatoms. The van der Waals surface area contributed by atoms with Crippen LogP contribution in [0.5, 0.6) is 0 Å². The van der Waals surface area contributed by atoms with Gasteiger partial charge in [0.25, 0.3) is 5.91 Å². The van der Waals surface area contributed by atoms with E-state index in [4.69, 9.17) is 5.11 Å². The third-order valence-corrected chi connectivity index (χ3v) is 3.07. The van der Waals surface area contributed by atoms with Crippen molar-refractivity contribution in [3.05, 3.63) is 0 Å². The van der Waals surface area contributed by atoms with Gasteiger partial charge in [-0.25, -0.2) is 14.5 Å². The molecule has 0 unspecified atom stereocenters. The number of amides is 3. The molecule has 1 aliphatic rings. The van der Waals surface area contributed by atoms with E-state index in [1.54, 1.807) is 6.92 Å². The summed E-state index contributed by atoms with van der Waals surface area (Å²) in [4.78, 5) is 35.3. The molecule has 0 bridgehead atoms. The monoisotopic (exact) mass is 242 g/mol. The molecule has 0 aromatic heterocycles. The van der Waals surface area contributed by atoms with Crippen LogP contribution in [0.1, 0.15) is 40.0 Å². The highest BCUT2D eigenvalue weighted by molar-refractivity contribution is 6.09. The molecule has 6 nitrogen and oxygen atoms in total. The largest absolute Gasteiger partial charge is 0.480 e. The predicted molar refractivity (Wildman–Crippen MR) is 60.4 cm³/mol. The molecule has 96 valence electrons. The van der Waals surface area contributed by atoms with Crippen molar-refractivity contribution >= 4 is 17.9 Å². The van der Waals surface area contributed by atoms with Gasteiger partial charge in [0.2, 0.25) is 0 Å². The molecule has 0 radical (unpaired) electrons. The Hall–Kier alpha value is -1.59. The van der Waals surface area contributed by atoms with E-state index in [-0.39, 0.29) is 0 Å². The first-order valence-electron chi connectivity index (χ1n) is 5.72. The molecule has 1 aliphatic heterocycles. The summed E-state index contributed by atoms with van der Waals surface area (Å²) in [5.41, 5.74) is -0.962. The van der Waals surface area contributed by atoms with Gasteiger partial charge in [0.1, 0.15) is 11.6 Å². The summed E-state index contributed by atoms with van der Waals surface area (Å²) in [5, 5.41) is 11.4. The fraction of sp³-hybridized carbons (Fsp3) is 0.727. The number of urea groups is 1. The number of aliphatic carboxylic acids is 1. The Bertz CT molecular complexity index is 355. The maximum absolute atomic E-state index is 12.1. The Labute approximate surface area is 100.0 Å². The summed E-state index contributed by atoms with van der Waals surface area (Å²) in [5.74, 6) is -1.64. The molecule has 0 aliphatic carbocycles. The number of nitrogens with zero attached hydrogens (tertiary/aromatic N) is 1. The lowest BCUT2D eigenvalue weighted by atomic mass is 9.95. The summed E-state index contributed by atoms with van der Waals surface area (Å²) in [7, 11) is 0. The lowest BCUT2D eigenvalue weighted by Gasteiger charge is -2.22. The molecule has 0 aromatic rings. The van der Waals surface area contributed by atoms with Crippen molar-refractivity contribution < 1.29 is 19.5 Å². The third kappa shape index (κ3) is 2.40. The van der Waals surface area contributed by atoms with Gasteiger partial charge in [0.15, 0.2) is 0 Å². The number of carbonyl (C=O) groups is 3. The van der Waals surface area contributed by atoms with Gasteiger partial charge in [-0.1, -0.05) is 19.8 Å². The first kappa shape index (κ1) is 13.5. The minimum atomic E-state index is -1.19. The van der Waals surface area contributed by atoms with Crippen LogP contribution in [-0.4, -0.2) is 39.5 Å². The van der Waals surface area contributed by atoms with Gasteiger partial charge in [-0.05, 0) is 20.3 Å². The van der Waals surface area contributed by atoms with E-state index in [2.05, 4.69) is 5.32 Å². The zero-order valence-electron chi connectivity index (χ0n) is 10.3. The number of hydrogen-bond acceptors (Lipinski definition) is 3. The maximum atomic E-state index is 12.1. The van der Waals surface area contributed by atoms with Crippen LogP contribution in [0.3, 0.4) is 0 Å². The molecule has 1 fully saturated rings. The minimum absolute atomic E-state index is 0.453. The van der Waals surface area contributed by atoms with Crippen LogP contribution < -0.4 is 5.32 Å². The van der Waals surface area contributed by atoms with Crippen molar-refractivity contribution in [3.8, 4) is 0 Å². The smallest absolute Gasteiger partial charge is 0.326 e. The number of rotatable bonds is 5. The highest BCUT2D eigenvalue weighted by atomic mass is 16.4. The summed E-state index contributed by atoms with van der Waals surface area (Å²) < 4.78 is 0. The SMILES string of the molecule is CCCC[C@]1(C)NC(=O)N([C@@H](C)C(=O)O)C1=O. The molecule has 2 N–H and O–H groups in total. The first-order valence-corrected chi connectivity index (χ1v) is 5.72. The quantitative estimate of drug-likeness (QED) is 0.703. The topological polar surface area (TPSA) is 86.7 Å². The van der Waals surface area contributed by atoms with Crippen molar-refractivity contribution in [3.63, 3.8) is 0 Å². The van der Waals surface area contributed by atoms with Crippen LogP contribution in [0.25, 0.3) is 0 Å². The highest BCUT2D eigenvalue weighted by Gasteiger charge is 2.50. The Morgan fingerprint density at radius 2 is 2.12 bits per heavy atom. The highest BCUT2D eigenvalue weighted by Crippen LogP contribution is 2.24. The molecule has 3 amide bonds. The maximum Gasteiger partial charge on any atom is 0.326 e. The molecule has 1 saturated heterocycles. The van der Waals surface area contributed by atoms with Crippen molar-refractivity contribution in [1.82, 2.24) is 10.2 Å². The van der Waals surface area contributed by atoms with Crippen molar-refractivity contribution in [1.29, 1.82) is 0 Å². The lowest BCUT2D eigenvalue weighted by Crippen LogP contribution is -2.46. The van der Waals surface area contributed by atoms with Crippen LogP contribution in [0.4, 0.5) is 4.79 Å². The average Bonchev–Trinajstić information content (AvgIpc) is 2.47. The molecule has 1 rings (SSSR count). The van der Waals surface area contributed by atoms with E-state index in [1.807, 2.05) is 6.92 Å². The number of carboxylic acid groups (broad SMARTS) is 1. The van der Waals surface area contributed by atoms with Crippen molar-refractivity contribution in [2.24, 2.45) is 0 Å². The summed E-state index contributed by atoms with van der Waals surface area (Å²) >= 11 is 0. The number of carbonyl (C=O) groups excluding carboxylic acids is 2. The number of nitrogens with one attached hydrogen (secondary N) is 1. The van der Waals surface area contributed by atoms with Crippen molar-refractivity contribution in [2.75, 3.05) is 0 Å². The van der Waals surface area contributed by atoms with Gasteiger partial charge >= 0.3 is 12.0 Å². The average molecular weight is 242 g/mol. The second-order valence-electron chi connectivity index (χ2n) is 4.56. The second-order valence-corrected chi connectivity index (χ2v) is 4.56. The van der Waals surface area contributed by atoms with Crippen LogP contribution >= 0.6 is 0 Å². The van der Waals surface area contributed by atoms with Gasteiger partial charge in [0.05, 0.1) is 0 Å². The summed E-state index contributed by atoms with van der Waals surface area (Å²) in [6, 6.07) is -1.76. The van der Waals surface area contributed by atoms with Crippen LogP contribution in [0.15, 0.2) is 0 Å². The van der Waals surface area contributed by atoms with Gasteiger partial charge in [-0.2, -0.15) is 0 Å². The zero-order chi connectivity index (χ0) is 13.2. The standard InChI is InChI=1S/C11H18N2O4/c1-4-5-6-11(3)9(16)13(10(17)12-11)7(2)8(14)15/h7H,4-6H2,1-3H3,(H,12,17)(H,14,15)/t7-,11-/m0/s1. The van der Waals surface area contributed by atoms with Gasteiger partial charge in [-0.3, -0.25) is 4.79 Å². The number of carboxylic acids is 1. The zero-order valence-corrected chi connectivity index (χ0v) is 10.3. The lowest BCUT2D eigenvalue weighted by molar-refractivity contribution is -0.147. The number of imide groups is 1. The Balaban J connectivity index is 2.88. The molecule has 0 spiro atoms. The Kier molecular flexibility index (Phi) is 3.75. The molecule has 2 atom stereocenters.